The smallest absolute Gasteiger partial charge is 0.321 e. The standard InChI is InChI=1S/C12H21NO6S/c1-3-5-9(11(14)15)13-20(17,18)10-7-4-6-8(10)12(16)19-2/h8-10,13H,3-7H2,1-2H3,(H,14,15). The predicted octanol–water partition coefficient (Wildman–Crippen LogP) is 0.501. The van der Waals surface area contributed by atoms with Crippen molar-refractivity contribution in [3.8, 4) is 0 Å². The first-order valence-corrected chi connectivity index (χ1v) is 8.19. The summed E-state index contributed by atoms with van der Waals surface area (Å²) in [7, 11) is -2.65. The summed E-state index contributed by atoms with van der Waals surface area (Å²) in [6.07, 6.45) is 2.16. The molecule has 0 bridgehead atoms. The quantitative estimate of drug-likeness (QED) is 0.663. The van der Waals surface area contributed by atoms with E-state index in [4.69, 9.17) is 5.11 Å². The van der Waals surface area contributed by atoms with E-state index in [9.17, 15) is 18.0 Å². The van der Waals surface area contributed by atoms with Crippen LogP contribution >= 0.6 is 0 Å². The number of esters is 1. The fourth-order valence-corrected chi connectivity index (χ4v) is 4.47. The molecule has 0 aliphatic heterocycles. The molecule has 1 aliphatic carbocycles. The number of methoxy groups -OCH3 is 1. The van der Waals surface area contributed by atoms with Gasteiger partial charge in [-0.3, -0.25) is 9.59 Å². The molecular weight excluding hydrogens is 286 g/mol. The van der Waals surface area contributed by atoms with Gasteiger partial charge in [0.2, 0.25) is 10.0 Å². The third kappa shape index (κ3) is 3.92. The first-order chi connectivity index (χ1) is 9.33. The Morgan fingerprint density at radius 3 is 2.55 bits per heavy atom. The molecule has 116 valence electrons. The van der Waals surface area contributed by atoms with Gasteiger partial charge in [0, 0.05) is 0 Å². The zero-order valence-electron chi connectivity index (χ0n) is 11.7. The van der Waals surface area contributed by atoms with Crippen LogP contribution in [0.3, 0.4) is 0 Å². The van der Waals surface area contributed by atoms with Gasteiger partial charge in [0.25, 0.3) is 0 Å². The second-order valence-electron chi connectivity index (χ2n) is 4.94. The van der Waals surface area contributed by atoms with E-state index in [1.54, 1.807) is 6.92 Å². The number of sulfonamides is 1. The van der Waals surface area contributed by atoms with Crippen molar-refractivity contribution in [1.29, 1.82) is 0 Å². The fourth-order valence-electron chi connectivity index (χ4n) is 2.53. The number of carboxylic acid groups (broad SMARTS) is 1. The Kier molecular flexibility index (Phi) is 5.94. The summed E-state index contributed by atoms with van der Waals surface area (Å²) in [5.41, 5.74) is 0. The molecule has 2 N–H and O–H groups in total. The second-order valence-corrected chi connectivity index (χ2v) is 6.87. The molecule has 1 aliphatic rings. The Labute approximate surface area is 118 Å². The van der Waals surface area contributed by atoms with Crippen LogP contribution in [0.2, 0.25) is 0 Å². The maximum atomic E-state index is 12.3. The highest BCUT2D eigenvalue weighted by atomic mass is 32.2. The first-order valence-electron chi connectivity index (χ1n) is 6.65. The molecule has 0 amide bonds. The number of carbonyl (C=O) groups excluding carboxylic acids is 1. The van der Waals surface area contributed by atoms with E-state index in [0.717, 1.165) is 0 Å². The number of hydrogen-bond donors (Lipinski definition) is 2. The van der Waals surface area contributed by atoms with E-state index < -0.39 is 39.2 Å². The third-order valence-corrected chi connectivity index (χ3v) is 5.51. The SMILES string of the molecule is CCCC(NS(=O)(=O)C1CCCC1C(=O)OC)C(=O)O. The van der Waals surface area contributed by atoms with Gasteiger partial charge in [-0.05, 0) is 19.3 Å². The average molecular weight is 307 g/mol. The molecule has 20 heavy (non-hydrogen) atoms. The van der Waals surface area contributed by atoms with Gasteiger partial charge in [-0.15, -0.1) is 0 Å². The highest BCUT2D eigenvalue weighted by Crippen LogP contribution is 2.31. The Balaban J connectivity index is 2.86. The molecule has 1 saturated carbocycles. The number of hydrogen-bond acceptors (Lipinski definition) is 5. The number of ether oxygens (including phenoxy) is 1. The van der Waals surface area contributed by atoms with Crippen LogP contribution in [-0.4, -0.2) is 43.9 Å². The molecule has 0 aromatic rings. The number of rotatable bonds is 7. The number of nitrogens with one attached hydrogen (secondary N) is 1. The van der Waals surface area contributed by atoms with Crippen LogP contribution in [0.5, 0.6) is 0 Å². The minimum absolute atomic E-state index is 0.212. The minimum Gasteiger partial charge on any atom is -0.480 e. The maximum absolute atomic E-state index is 12.3. The van der Waals surface area contributed by atoms with Gasteiger partial charge in [0.1, 0.15) is 6.04 Å². The van der Waals surface area contributed by atoms with E-state index in [2.05, 4.69) is 9.46 Å². The summed E-state index contributed by atoms with van der Waals surface area (Å²) in [5.74, 6) is -2.48. The van der Waals surface area contributed by atoms with E-state index in [1.807, 2.05) is 0 Å². The normalized spacial score (nSPS) is 24.3. The third-order valence-electron chi connectivity index (χ3n) is 3.54. The van der Waals surface area contributed by atoms with Crippen molar-refractivity contribution in [1.82, 2.24) is 4.72 Å². The van der Waals surface area contributed by atoms with Gasteiger partial charge >= 0.3 is 11.9 Å². The number of carbonyl (C=O) groups is 2. The molecule has 1 rings (SSSR count). The Morgan fingerprint density at radius 2 is 2.05 bits per heavy atom. The van der Waals surface area contributed by atoms with Crippen LogP contribution < -0.4 is 4.72 Å². The zero-order chi connectivity index (χ0) is 15.3. The van der Waals surface area contributed by atoms with Crippen molar-refractivity contribution < 1.29 is 27.9 Å². The Morgan fingerprint density at radius 1 is 1.40 bits per heavy atom. The zero-order valence-corrected chi connectivity index (χ0v) is 12.5. The van der Waals surface area contributed by atoms with Gasteiger partial charge in [-0.1, -0.05) is 19.8 Å². The minimum atomic E-state index is -3.86. The van der Waals surface area contributed by atoms with Gasteiger partial charge in [0.15, 0.2) is 0 Å². The van der Waals surface area contributed by atoms with Crippen molar-refractivity contribution in [2.45, 2.75) is 50.3 Å². The van der Waals surface area contributed by atoms with Crippen LogP contribution in [0.1, 0.15) is 39.0 Å². The average Bonchev–Trinajstić information content (AvgIpc) is 2.87. The van der Waals surface area contributed by atoms with Crippen molar-refractivity contribution in [3.05, 3.63) is 0 Å². The number of aliphatic carboxylic acids is 1. The highest BCUT2D eigenvalue weighted by molar-refractivity contribution is 7.90. The van der Waals surface area contributed by atoms with Crippen LogP contribution in [0.4, 0.5) is 0 Å². The predicted molar refractivity (Wildman–Crippen MR) is 71.5 cm³/mol. The highest BCUT2D eigenvalue weighted by Gasteiger charge is 2.43. The number of carboxylic acids is 1. The van der Waals surface area contributed by atoms with E-state index >= 15 is 0 Å². The van der Waals surface area contributed by atoms with Gasteiger partial charge in [-0.25, -0.2) is 13.1 Å². The van der Waals surface area contributed by atoms with Crippen molar-refractivity contribution in [2.24, 2.45) is 5.92 Å². The lowest BCUT2D eigenvalue weighted by atomic mass is 10.1. The molecule has 3 unspecified atom stereocenters. The maximum Gasteiger partial charge on any atom is 0.321 e. The fraction of sp³-hybridized carbons (Fsp3) is 0.833. The van der Waals surface area contributed by atoms with Crippen molar-refractivity contribution in [2.75, 3.05) is 7.11 Å². The van der Waals surface area contributed by atoms with Crippen LogP contribution in [0.15, 0.2) is 0 Å². The summed E-state index contributed by atoms with van der Waals surface area (Å²) >= 11 is 0. The molecular formula is C12H21NO6S. The Hall–Kier alpha value is -1.15. The van der Waals surface area contributed by atoms with Gasteiger partial charge < -0.3 is 9.84 Å². The van der Waals surface area contributed by atoms with E-state index in [1.165, 1.54) is 7.11 Å². The lowest BCUT2D eigenvalue weighted by Gasteiger charge is -2.21. The second kappa shape index (κ2) is 7.03. The molecule has 0 spiro atoms. The molecule has 8 heteroatoms. The Bertz CT molecular complexity index is 461. The van der Waals surface area contributed by atoms with Gasteiger partial charge in [-0.2, -0.15) is 0 Å². The van der Waals surface area contributed by atoms with Crippen molar-refractivity contribution >= 4 is 22.0 Å². The largest absolute Gasteiger partial charge is 0.480 e. The summed E-state index contributed by atoms with van der Waals surface area (Å²) in [5, 5.41) is 8.10. The molecule has 0 radical (unpaired) electrons. The monoisotopic (exact) mass is 307 g/mol. The molecule has 0 aromatic heterocycles. The van der Waals surface area contributed by atoms with E-state index in [-0.39, 0.29) is 6.42 Å². The van der Waals surface area contributed by atoms with Crippen LogP contribution in [-0.2, 0) is 24.3 Å². The summed E-state index contributed by atoms with van der Waals surface area (Å²) in [6, 6.07) is -1.15. The molecule has 0 aromatic carbocycles. The summed E-state index contributed by atoms with van der Waals surface area (Å²) < 4.78 is 31.4. The lowest BCUT2D eigenvalue weighted by molar-refractivity contribution is -0.145. The first kappa shape index (κ1) is 16.9. The molecule has 0 saturated heterocycles. The lowest BCUT2D eigenvalue weighted by Crippen LogP contribution is -2.47. The van der Waals surface area contributed by atoms with Crippen LogP contribution in [0, 0.1) is 5.92 Å². The molecule has 7 nitrogen and oxygen atoms in total. The van der Waals surface area contributed by atoms with Gasteiger partial charge in [0.05, 0.1) is 18.3 Å². The molecule has 3 atom stereocenters. The summed E-state index contributed by atoms with van der Waals surface area (Å²) in [6.45, 7) is 1.77. The van der Waals surface area contributed by atoms with Crippen LogP contribution in [0.25, 0.3) is 0 Å². The van der Waals surface area contributed by atoms with E-state index in [0.29, 0.717) is 25.7 Å². The molecule has 1 fully saturated rings. The topological polar surface area (TPSA) is 110 Å². The van der Waals surface area contributed by atoms with Crippen molar-refractivity contribution in [3.63, 3.8) is 0 Å². The molecule has 0 heterocycles. The summed E-state index contributed by atoms with van der Waals surface area (Å²) in [4.78, 5) is 22.6.